The molecule has 0 aliphatic carbocycles. The third-order valence-corrected chi connectivity index (χ3v) is 6.07. The van der Waals surface area contributed by atoms with Crippen molar-refractivity contribution in [2.24, 2.45) is 0 Å². The molecule has 4 aromatic carbocycles. The first kappa shape index (κ1) is 24.3. The molecule has 4 aromatic rings. The van der Waals surface area contributed by atoms with E-state index in [9.17, 15) is 5.26 Å². The Morgan fingerprint density at radius 2 is 1.03 bits per heavy atom. The first-order chi connectivity index (χ1) is 15.8. The van der Waals surface area contributed by atoms with Gasteiger partial charge in [-0.25, -0.2) is 0 Å². The highest BCUT2D eigenvalue weighted by Gasteiger charge is 2.33. The molecule has 2 nitrogen and oxygen atoms in total. The molecule has 0 spiro atoms. The number of halogens is 1. The topological polar surface area (TPSA) is 35.8 Å². The smallest absolute Gasteiger partial charge is 0.107 e. The molecular weight excluding hydrogens is 424 g/mol. The fourth-order valence-corrected chi connectivity index (χ4v) is 4.40. The Morgan fingerprint density at radius 3 is 1.42 bits per heavy atom. The van der Waals surface area contributed by atoms with Crippen molar-refractivity contribution in [1.82, 2.24) is 5.32 Å². The van der Waals surface area contributed by atoms with Crippen molar-refractivity contribution in [3.63, 3.8) is 0 Å². The van der Waals surface area contributed by atoms with Crippen LogP contribution in [0.5, 0.6) is 0 Å². The van der Waals surface area contributed by atoms with E-state index in [-0.39, 0.29) is 18.4 Å². The lowest BCUT2D eigenvalue weighted by atomic mass is 9.72. The van der Waals surface area contributed by atoms with Crippen LogP contribution in [-0.4, -0.2) is 6.54 Å². The van der Waals surface area contributed by atoms with E-state index in [1.807, 2.05) is 48.5 Å². The molecule has 33 heavy (non-hydrogen) atoms. The summed E-state index contributed by atoms with van der Waals surface area (Å²) in [5.74, 6) is 0. The number of nitriles is 1. The molecule has 0 fully saturated rings. The molecule has 0 aromatic heterocycles. The predicted molar refractivity (Wildman–Crippen MR) is 138 cm³/mol. The summed E-state index contributed by atoms with van der Waals surface area (Å²) in [5.41, 5.74) is 3.94. The Hall–Kier alpha value is -3.38. The zero-order valence-electron chi connectivity index (χ0n) is 18.6. The number of rotatable bonds is 9. The first-order valence-corrected chi connectivity index (χ1v) is 11.2. The van der Waals surface area contributed by atoms with E-state index in [1.165, 1.54) is 11.1 Å². The minimum absolute atomic E-state index is 0. The Bertz CT molecular complexity index is 1040. The van der Waals surface area contributed by atoms with Crippen molar-refractivity contribution >= 4 is 12.4 Å². The van der Waals surface area contributed by atoms with Gasteiger partial charge in [0.05, 0.1) is 12.1 Å². The molecule has 0 amide bonds. The van der Waals surface area contributed by atoms with E-state index in [0.717, 1.165) is 30.5 Å². The van der Waals surface area contributed by atoms with Gasteiger partial charge in [0.1, 0.15) is 5.41 Å². The van der Waals surface area contributed by atoms with Gasteiger partial charge in [-0.15, -0.1) is 12.4 Å². The fraction of sp³-hybridized carbons (Fsp3) is 0.167. The Morgan fingerprint density at radius 1 is 0.636 bits per heavy atom. The highest BCUT2D eigenvalue weighted by molar-refractivity contribution is 5.85. The SMILES string of the molecule is Cl.N#CC(CCCNC(c1ccccc1)c1ccccc1)(c1ccccc1)c1ccccc1. The standard InChI is InChI=1S/C30H28N2.ClH/c31-24-30(27-18-9-3-10-19-27,28-20-11-4-12-21-28)22-13-23-32-29(25-14-5-1-6-15-25)26-16-7-2-8-17-26;/h1-12,14-21,29,32H,13,22-23H2;1H. The summed E-state index contributed by atoms with van der Waals surface area (Å²) in [6, 6.07) is 44.2. The van der Waals surface area contributed by atoms with Gasteiger partial charge in [0.25, 0.3) is 0 Å². The number of nitrogens with zero attached hydrogens (tertiary/aromatic N) is 1. The lowest BCUT2D eigenvalue weighted by molar-refractivity contribution is 0.511. The van der Waals surface area contributed by atoms with Crippen LogP contribution >= 0.6 is 12.4 Å². The minimum atomic E-state index is -0.654. The first-order valence-electron chi connectivity index (χ1n) is 11.2. The summed E-state index contributed by atoms with van der Waals surface area (Å²) in [6.07, 6.45) is 1.63. The van der Waals surface area contributed by atoms with Crippen molar-refractivity contribution < 1.29 is 0 Å². The van der Waals surface area contributed by atoms with E-state index in [0.29, 0.717) is 0 Å². The normalized spacial score (nSPS) is 10.9. The zero-order valence-corrected chi connectivity index (χ0v) is 19.4. The molecule has 0 radical (unpaired) electrons. The number of hydrogen-bond acceptors (Lipinski definition) is 2. The molecule has 0 atom stereocenters. The molecule has 0 heterocycles. The molecule has 0 aliphatic rings. The minimum Gasteiger partial charge on any atom is -0.306 e. The van der Waals surface area contributed by atoms with Crippen LogP contribution in [0.3, 0.4) is 0 Å². The monoisotopic (exact) mass is 452 g/mol. The summed E-state index contributed by atoms with van der Waals surface area (Å²) in [6.45, 7) is 0.817. The molecule has 0 aliphatic heterocycles. The second-order valence-electron chi connectivity index (χ2n) is 8.06. The molecule has 4 rings (SSSR count). The average molecular weight is 453 g/mol. The average Bonchev–Trinajstić information content (AvgIpc) is 2.89. The second kappa shape index (κ2) is 12.0. The maximum absolute atomic E-state index is 10.4. The largest absolute Gasteiger partial charge is 0.306 e. The third-order valence-electron chi connectivity index (χ3n) is 6.07. The lowest BCUT2D eigenvalue weighted by Crippen LogP contribution is -2.29. The van der Waals surface area contributed by atoms with Gasteiger partial charge in [0.15, 0.2) is 0 Å². The molecule has 0 saturated carbocycles. The Balaban J connectivity index is 0.00000306. The summed E-state index contributed by atoms with van der Waals surface area (Å²) in [4.78, 5) is 0. The van der Waals surface area contributed by atoms with Crippen LogP contribution in [0.1, 0.15) is 41.1 Å². The van der Waals surface area contributed by atoms with Crippen LogP contribution < -0.4 is 5.32 Å². The van der Waals surface area contributed by atoms with Crippen LogP contribution in [0, 0.1) is 11.3 Å². The molecule has 166 valence electrons. The van der Waals surface area contributed by atoms with E-state index in [1.54, 1.807) is 0 Å². The van der Waals surface area contributed by atoms with Gasteiger partial charge in [-0.05, 0) is 41.6 Å². The third kappa shape index (κ3) is 5.71. The maximum atomic E-state index is 10.4. The lowest BCUT2D eigenvalue weighted by Gasteiger charge is -2.28. The van der Waals surface area contributed by atoms with Gasteiger partial charge in [0.2, 0.25) is 0 Å². The maximum Gasteiger partial charge on any atom is 0.107 e. The quantitative estimate of drug-likeness (QED) is 0.275. The Labute approximate surface area is 203 Å². The van der Waals surface area contributed by atoms with Crippen molar-refractivity contribution in [3.8, 4) is 6.07 Å². The Kier molecular flexibility index (Phi) is 8.84. The van der Waals surface area contributed by atoms with Crippen LogP contribution in [-0.2, 0) is 5.41 Å². The molecule has 1 N–H and O–H groups in total. The van der Waals surface area contributed by atoms with Crippen molar-refractivity contribution in [2.45, 2.75) is 24.3 Å². The van der Waals surface area contributed by atoms with E-state index >= 15 is 0 Å². The number of hydrogen-bond donors (Lipinski definition) is 1. The summed E-state index contributed by atoms with van der Waals surface area (Å²) < 4.78 is 0. The molecule has 3 heteroatoms. The highest BCUT2D eigenvalue weighted by atomic mass is 35.5. The molecular formula is C30H29ClN2. The summed E-state index contributed by atoms with van der Waals surface area (Å²) >= 11 is 0. The van der Waals surface area contributed by atoms with Crippen LogP contribution in [0.4, 0.5) is 0 Å². The number of benzene rings is 4. The van der Waals surface area contributed by atoms with Gasteiger partial charge in [0, 0.05) is 0 Å². The number of nitrogens with one attached hydrogen (secondary N) is 1. The highest BCUT2D eigenvalue weighted by Crippen LogP contribution is 2.36. The zero-order chi connectivity index (χ0) is 22.1. The summed E-state index contributed by atoms with van der Waals surface area (Å²) in [7, 11) is 0. The van der Waals surface area contributed by atoms with Gasteiger partial charge in [-0.2, -0.15) is 5.26 Å². The van der Waals surface area contributed by atoms with Crippen LogP contribution in [0.15, 0.2) is 121 Å². The predicted octanol–water partition coefficient (Wildman–Crippen LogP) is 7.08. The van der Waals surface area contributed by atoms with Crippen LogP contribution in [0.2, 0.25) is 0 Å². The van der Waals surface area contributed by atoms with E-state index in [4.69, 9.17) is 0 Å². The van der Waals surface area contributed by atoms with Crippen molar-refractivity contribution in [1.29, 1.82) is 5.26 Å². The molecule has 0 saturated heterocycles. The molecule has 0 bridgehead atoms. The van der Waals surface area contributed by atoms with Gasteiger partial charge in [-0.1, -0.05) is 121 Å². The fourth-order valence-electron chi connectivity index (χ4n) is 4.40. The van der Waals surface area contributed by atoms with Crippen molar-refractivity contribution in [2.75, 3.05) is 6.54 Å². The van der Waals surface area contributed by atoms with Crippen LogP contribution in [0.25, 0.3) is 0 Å². The van der Waals surface area contributed by atoms with Crippen molar-refractivity contribution in [3.05, 3.63) is 144 Å². The molecule has 0 unspecified atom stereocenters. The van der Waals surface area contributed by atoms with Gasteiger partial charge < -0.3 is 5.32 Å². The van der Waals surface area contributed by atoms with E-state index in [2.05, 4.69) is 84.2 Å². The van der Waals surface area contributed by atoms with Gasteiger partial charge in [-0.3, -0.25) is 0 Å². The summed E-state index contributed by atoms with van der Waals surface area (Å²) in [5, 5.41) is 14.1. The second-order valence-corrected chi connectivity index (χ2v) is 8.06. The van der Waals surface area contributed by atoms with Gasteiger partial charge >= 0.3 is 0 Å². The van der Waals surface area contributed by atoms with E-state index < -0.39 is 5.41 Å².